The van der Waals surface area contributed by atoms with Crippen molar-refractivity contribution in [2.24, 2.45) is 0 Å². The number of likely N-dealkylation sites (N-methyl/N-ethyl adjacent to an activating group) is 1. The molecule has 1 fully saturated rings. The Labute approximate surface area is 58.3 Å². The molecule has 1 unspecified atom stereocenters. The normalized spacial score (nSPS) is 26.7. The van der Waals surface area contributed by atoms with Crippen LogP contribution in [0.2, 0.25) is 0 Å². The molecule has 1 heterocycles. The molecule has 0 bridgehead atoms. The van der Waals surface area contributed by atoms with Crippen molar-refractivity contribution in [3.63, 3.8) is 0 Å². The highest BCUT2D eigenvalue weighted by molar-refractivity contribution is 6.27. The summed E-state index contributed by atoms with van der Waals surface area (Å²) in [5.41, 5.74) is 2.83. The van der Waals surface area contributed by atoms with Crippen LogP contribution < -0.4 is 10.7 Å². The van der Waals surface area contributed by atoms with Gasteiger partial charge in [0.2, 0.25) is 5.78 Å². The Balaban J connectivity index is 2.54. The summed E-state index contributed by atoms with van der Waals surface area (Å²) in [4.78, 5) is 20.7. The standard InChI is InChI=1S/C5H9N3O2/c1-8-5(4(10)2-9)6-3-7-8/h2,5-7H,3H2,1H3. The van der Waals surface area contributed by atoms with Gasteiger partial charge in [-0.25, -0.2) is 10.4 Å². The highest BCUT2D eigenvalue weighted by Gasteiger charge is 2.25. The Morgan fingerprint density at radius 2 is 2.50 bits per heavy atom. The molecule has 2 N–H and O–H groups in total. The fourth-order valence-corrected chi connectivity index (χ4v) is 0.851. The van der Waals surface area contributed by atoms with Crippen LogP contribution in [0.3, 0.4) is 0 Å². The predicted molar refractivity (Wildman–Crippen MR) is 33.8 cm³/mol. The number of carbonyl (C=O) groups excluding carboxylic acids is 2. The molecule has 1 rings (SSSR count). The van der Waals surface area contributed by atoms with E-state index in [2.05, 4.69) is 10.7 Å². The molecule has 0 aliphatic carbocycles. The first-order valence-corrected chi connectivity index (χ1v) is 2.94. The van der Waals surface area contributed by atoms with Gasteiger partial charge in [-0.2, -0.15) is 0 Å². The lowest BCUT2D eigenvalue weighted by molar-refractivity contribution is -0.133. The first-order valence-electron chi connectivity index (χ1n) is 2.94. The monoisotopic (exact) mass is 143 g/mol. The van der Waals surface area contributed by atoms with E-state index in [4.69, 9.17) is 0 Å². The van der Waals surface area contributed by atoms with Crippen LogP contribution in [0.15, 0.2) is 0 Å². The van der Waals surface area contributed by atoms with Crippen molar-refractivity contribution in [2.45, 2.75) is 6.17 Å². The molecule has 0 saturated carbocycles. The van der Waals surface area contributed by atoms with E-state index in [1.54, 1.807) is 12.1 Å². The van der Waals surface area contributed by atoms with E-state index in [-0.39, 0.29) is 0 Å². The largest absolute Gasteiger partial charge is 0.294 e. The lowest BCUT2D eigenvalue weighted by Gasteiger charge is -2.13. The van der Waals surface area contributed by atoms with E-state index in [1.807, 2.05) is 0 Å². The van der Waals surface area contributed by atoms with Gasteiger partial charge in [0.05, 0.1) is 6.67 Å². The van der Waals surface area contributed by atoms with Crippen molar-refractivity contribution in [2.75, 3.05) is 13.7 Å². The number of hydrogen-bond acceptors (Lipinski definition) is 5. The lowest BCUT2D eigenvalue weighted by Crippen LogP contribution is -2.43. The number of nitrogens with zero attached hydrogens (tertiary/aromatic N) is 1. The Hall–Kier alpha value is -0.780. The molecule has 56 valence electrons. The average Bonchev–Trinajstić information content (AvgIpc) is 2.34. The molecule has 1 saturated heterocycles. The van der Waals surface area contributed by atoms with Crippen LogP contribution in [-0.4, -0.2) is 37.0 Å². The summed E-state index contributed by atoms with van der Waals surface area (Å²) in [6, 6.07) is 0. The molecule has 1 aliphatic rings. The summed E-state index contributed by atoms with van der Waals surface area (Å²) in [6.07, 6.45) is -0.168. The van der Waals surface area contributed by atoms with Crippen molar-refractivity contribution >= 4 is 12.1 Å². The van der Waals surface area contributed by atoms with Gasteiger partial charge in [-0.3, -0.25) is 14.9 Å². The zero-order valence-corrected chi connectivity index (χ0v) is 5.63. The lowest BCUT2D eigenvalue weighted by atomic mass is 10.3. The molecule has 5 heteroatoms. The van der Waals surface area contributed by atoms with Crippen LogP contribution in [0.5, 0.6) is 0 Å². The van der Waals surface area contributed by atoms with Crippen LogP contribution >= 0.6 is 0 Å². The molecular weight excluding hydrogens is 134 g/mol. The SMILES string of the molecule is CN1NCNC1C(=O)C=O. The van der Waals surface area contributed by atoms with Crippen LogP contribution in [0.4, 0.5) is 0 Å². The minimum absolute atomic E-state index is 0.321. The molecule has 0 amide bonds. The average molecular weight is 143 g/mol. The number of ketones is 1. The number of carbonyl (C=O) groups is 2. The molecule has 5 nitrogen and oxygen atoms in total. The summed E-state index contributed by atoms with van der Waals surface area (Å²) in [5, 5.41) is 4.36. The van der Waals surface area contributed by atoms with E-state index in [9.17, 15) is 9.59 Å². The van der Waals surface area contributed by atoms with Gasteiger partial charge in [0, 0.05) is 7.05 Å². The molecule has 0 radical (unpaired) electrons. The number of aldehydes is 1. The Morgan fingerprint density at radius 3 is 2.90 bits per heavy atom. The Morgan fingerprint density at radius 1 is 1.80 bits per heavy atom. The van der Waals surface area contributed by atoms with Gasteiger partial charge in [-0.05, 0) is 0 Å². The van der Waals surface area contributed by atoms with Gasteiger partial charge in [-0.1, -0.05) is 0 Å². The van der Waals surface area contributed by atoms with Gasteiger partial charge >= 0.3 is 0 Å². The molecule has 0 aromatic heterocycles. The summed E-state index contributed by atoms with van der Waals surface area (Å²) in [6.45, 7) is 0.529. The third-order valence-electron chi connectivity index (χ3n) is 1.40. The number of rotatable bonds is 2. The minimum Gasteiger partial charge on any atom is -0.294 e. The second kappa shape index (κ2) is 2.87. The summed E-state index contributed by atoms with van der Waals surface area (Å²) >= 11 is 0. The molecule has 1 atom stereocenters. The third-order valence-corrected chi connectivity index (χ3v) is 1.40. The maximum absolute atomic E-state index is 10.7. The highest BCUT2D eigenvalue weighted by atomic mass is 16.2. The number of hydrazine groups is 1. The van der Waals surface area contributed by atoms with Crippen LogP contribution in [-0.2, 0) is 9.59 Å². The first-order chi connectivity index (χ1) is 4.75. The molecule has 1 aliphatic heterocycles. The van der Waals surface area contributed by atoms with E-state index >= 15 is 0 Å². The van der Waals surface area contributed by atoms with Crippen LogP contribution in [0, 0.1) is 0 Å². The van der Waals surface area contributed by atoms with Crippen molar-refractivity contribution in [3.8, 4) is 0 Å². The maximum atomic E-state index is 10.7. The van der Waals surface area contributed by atoms with E-state index in [0.29, 0.717) is 13.0 Å². The minimum atomic E-state index is -0.488. The maximum Gasteiger partial charge on any atom is 0.228 e. The second-order valence-electron chi connectivity index (χ2n) is 2.07. The Kier molecular flexibility index (Phi) is 2.10. The molecule has 0 aromatic rings. The molecule has 0 spiro atoms. The van der Waals surface area contributed by atoms with Gasteiger partial charge in [0.15, 0.2) is 6.29 Å². The molecule has 10 heavy (non-hydrogen) atoms. The van der Waals surface area contributed by atoms with Crippen molar-refractivity contribution in [1.82, 2.24) is 15.8 Å². The van der Waals surface area contributed by atoms with Gasteiger partial charge in [-0.15, -0.1) is 0 Å². The van der Waals surface area contributed by atoms with Gasteiger partial charge in [0.25, 0.3) is 0 Å². The second-order valence-corrected chi connectivity index (χ2v) is 2.07. The summed E-state index contributed by atoms with van der Waals surface area (Å²) in [5.74, 6) is -0.451. The summed E-state index contributed by atoms with van der Waals surface area (Å²) in [7, 11) is 1.70. The summed E-state index contributed by atoms with van der Waals surface area (Å²) < 4.78 is 0. The predicted octanol–water partition coefficient (Wildman–Crippen LogP) is -1.92. The van der Waals surface area contributed by atoms with E-state index in [0.717, 1.165) is 0 Å². The zero-order chi connectivity index (χ0) is 7.56. The fraction of sp³-hybridized carbons (Fsp3) is 0.600. The highest BCUT2D eigenvalue weighted by Crippen LogP contribution is 1.93. The zero-order valence-electron chi connectivity index (χ0n) is 5.63. The first kappa shape index (κ1) is 7.33. The number of nitrogens with one attached hydrogen (secondary N) is 2. The molecular formula is C5H9N3O2. The van der Waals surface area contributed by atoms with Crippen LogP contribution in [0.1, 0.15) is 0 Å². The quantitative estimate of drug-likeness (QED) is 0.348. The smallest absolute Gasteiger partial charge is 0.228 e. The van der Waals surface area contributed by atoms with Gasteiger partial charge < -0.3 is 0 Å². The van der Waals surface area contributed by atoms with Crippen molar-refractivity contribution < 1.29 is 9.59 Å². The van der Waals surface area contributed by atoms with E-state index < -0.39 is 11.9 Å². The fourth-order valence-electron chi connectivity index (χ4n) is 0.851. The van der Waals surface area contributed by atoms with Gasteiger partial charge in [0.1, 0.15) is 6.17 Å². The number of Topliss-reactive ketones (excluding diaryl/α,β-unsaturated/α-hetero) is 1. The van der Waals surface area contributed by atoms with Crippen molar-refractivity contribution in [3.05, 3.63) is 0 Å². The Bertz CT molecular complexity index is 159. The van der Waals surface area contributed by atoms with Crippen molar-refractivity contribution in [1.29, 1.82) is 0 Å². The van der Waals surface area contributed by atoms with E-state index in [1.165, 1.54) is 0 Å². The topological polar surface area (TPSA) is 61.4 Å². The number of hydrogen-bond donors (Lipinski definition) is 2. The molecule has 0 aromatic carbocycles. The third kappa shape index (κ3) is 1.21. The van der Waals surface area contributed by atoms with Crippen LogP contribution in [0.25, 0.3) is 0 Å².